The van der Waals surface area contributed by atoms with Gasteiger partial charge >= 0.3 is 47.8 Å². The van der Waals surface area contributed by atoms with Crippen LogP contribution in [0.1, 0.15) is 32.1 Å². The van der Waals surface area contributed by atoms with E-state index in [4.69, 9.17) is 40.9 Å². The molecule has 0 rings (SSSR count). The molecule has 0 aliphatic heterocycles. The highest BCUT2D eigenvalue weighted by Crippen LogP contribution is 2.36. The van der Waals surface area contributed by atoms with Gasteiger partial charge < -0.3 is 40.9 Å². The molecule has 0 aromatic rings. The van der Waals surface area contributed by atoms with E-state index in [0.29, 0.717) is 0 Å². The molecule has 18 nitrogen and oxygen atoms in total. The lowest BCUT2D eigenvalue weighted by Gasteiger charge is -2.28. The number of nitrogens with zero attached hydrogens (tertiary/aromatic N) is 2. The molecule has 0 fully saturated rings. The Hall–Kier alpha value is -4.32. The minimum atomic E-state index is -1.58. The first kappa shape index (κ1) is 35.8. The standard InChI is InChI=1S/C10H16N2O8.C10H14O8/c13-7(14)3-11(4-8(15)16)1-2-12(5-9(17)18)6-10(19)20;11-6(12)1-2-10(3-7(13)14,4-8(15)16)5-9(17)18/h1-6H2,(H,13,14)(H,15,16)(H,17,18)(H,19,20);1-5H2,(H,11,12)(H,13,14)(H,15,16)(H,17,18). The summed E-state index contributed by atoms with van der Waals surface area (Å²) in [7, 11) is 0. The van der Waals surface area contributed by atoms with Crippen LogP contribution >= 0.6 is 0 Å². The summed E-state index contributed by atoms with van der Waals surface area (Å²) in [6.45, 7) is -2.25. The SMILES string of the molecule is O=C(O)CCC(CC(=O)O)(CC(=O)O)CC(=O)O.O=C(O)CN(CCN(CC(=O)O)CC(=O)O)CC(=O)O. The largest absolute Gasteiger partial charge is 0.481 e. The molecule has 0 bridgehead atoms. The van der Waals surface area contributed by atoms with Gasteiger partial charge in [0.15, 0.2) is 0 Å². The average molecular weight is 554 g/mol. The quantitative estimate of drug-likeness (QED) is 0.0821. The molecule has 8 N–H and O–H groups in total. The highest BCUT2D eigenvalue weighted by molar-refractivity contribution is 5.76. The lowest BCUT2D eigenvalue weighted by Crippen LogP contribution is -2.43. The summed E-state index contributed by atoms with van der Waals surface area (Å²) in [4.78, 5) is 86.9. The molecule has 0 aromatic heterocycles. The lowest BCUT2D eigenvalue weighted by molar-refractivity contribution is -0.150. The molecule has 38 heavy (non-hydrogen) atoms. The summed E-state index contributed by atoms with van der Waals surface area (Å²) in [6.07, 6.45) is -2.88. The van der Waals surface area contributed by atoms with Crippen molar-refractivity contribution in [2.45, 2.75) is 32.1 Å². The zero-order chi connectivity index (χ0) is 30.1. The van der Waals surface area contributed by atoms with E-state index in [-0.39, 0.29) is 19.5 Å². The Kier molecular flexibility index (Phi) is 17.0. The maximum atomic E-state index is 10.7. The predicted octanol–water partition coefficient (Wildman–Crippen LogP) is -1.81. The van der Waals surface area contributed by atoms with Gasteiger partial charge in [0.1, 0.15) is 0 Å². The summed E-state index contributed by atoms with van der Waals surface area (Å²) < 4.78 is 0. The summed E-state index contributed by atoms with van der Waals surface area (Å²) in [6, 6.07) is 0. The summed E-state index contributed by atoms with van der Waals surface area (Å²) in [5, 5.41) is 69.1. The predicted molar refractivity (Wildman–Crippen MR) is 119 cm³/mol. The molecular weight excluding hydrogens is 524 g/mol. The van der Waals surface area contributed by atoms with Crippen LogP contribution in [0, 0.1) is 5.41 Å². The van der Waals surface area contributed by atoms with Gasteiger partial charge in [-0.1, -0.05) is 0 Å². The fourth-order valence-corrected chi connectivity index (χ4v) is 3.26. The highest BCUT2D eigenvalue weighted by Gasteiger charge is 2.38. The van der Waals surface area contributed by atoms with Gasteiger partial charge in [0.2, 0.25) is 0 Å². The minimum absolute atomic E-state index is 0.0703. The third kappa shape index (κ3) is 21.0. The molecule has 0 heterocycles. The maximum Gasteiger partial charge on any atom is 0.317 e. The Labute approximate surface area is 214 Å². The highest BCUT2D eigenvalue weighted by atomic mass is 16.4. The van der Waals surface area contributed by atoms with Crippen molar-refractivity contribution < 1.29 is 79.2 Å². The first-order valence-electron chi connectivity index (χ1n) is 10.6. The Morgan fingerprint density at radius 2 is 0.684 bits per heavy atom. The van der Waals surface area contributed by atoms with Crippen molar-refractivity contribution in [1.29, 1.82) is 0 Å². The second-order valence-electron chi connectivity index (χ2n) is 8.10. The molecule has 0 amide bonds. The van der Waals surface area contributed by atoms with Gasteiger partial charge in [0.25, 0.3) is 0 Å². The second-order valence-corrected chi connectivity index (χ2v) is 8.10. The third-order valence-electron chi connectivity index (χ3n) is 4.62. The van der Waals surface area contributed by atoms with Crippen LogP contribution in [0.15, 0.2) is 0 Å². The maximum absolute atomic E-state index is 10.7. The summed E-state index contributed by atoms with van der Waals surface area (Å²) in [5.41, 5.74) is -1.58. The van der Waals surface area contributed by atoms with Crippen molar-refractivity contribution in [2.24, 2.45) is 5.41 Å². The van der Waals surface area contributed by atoms with Crippen molar-refractivity contribution >= 4 is 47.8 Å². The van der Waals surface area contributed by atoms with Crippen LogP contribution < -0.4 is 0 Å². The topological polar surface area (TPSA) is 305 Å². The Bertz CT molecular complexity index is 777. The fraction of sp³-hybridized carbons (Fsp3) is 0.600. The molecule has 216 valence electrons. The third-order valence-corrected chi connectivity index (χ3v) is 4.62. The van der Waals surface area contributed by atoms with Crippen molar-refractivity contribution in [3.05, 3.63) is 0 Å². The fourth-order valence-electron chi connectivity index (χ4n) is 3.26. The van der Waals surface area contributed by atoms with Crippen molar-refractivity contribution in [3.63, 3.8) is 0 Å². The lowest BCUT2D eigenvalue weighted by atomic mass is 9.74. The Morgan fingerprint density at radius 1 is 0.421 bits per heavy atom. The zero-order valence-electron chi connectivity index (χ0n) is 20.0. The molecule has 0 aliphatic carbocycles. The van der Waals surface area contributed by atoms with Crippen molar-refractivity contribution in [3.8, 4) is 0 Å². The van der Waals surface area contributed by atoms with Crippen LogP contribution in [0.25, 0.3) is 0 Å². The number of carboxylic acid groups (broad SMARTS) is 8. The number of hydrogen-bond donors (Lipinski definition) is 8. The first-order valence-corrected chi connectivity index (χ1v) is 10.6. The molecule has 0 radical (unpaired) electrons. The number of carboxylic acids is 8. The normalized spacial score (nSPS) is 10.8. The van der Waals surface area contributed by atoms with E-state index in [2.05, 4.69) is 0 Å². The van der Waals surface area contributed by atoms with Gasteiger partial charge in [-0.15, -0.1) is 0 Å². The van der Waals surface area contributed by atoms with E-state index in [0.717, 1.165) is 9.80 Å². The molecule has 0 unspecified atom stereocenters. The van der Waals surface area contributed by atoms with Crippen LogP contribution in [0.3, 0.4) is 0 Å². The Morgan fingerprint density at radius 3 is 0.868 bits per heavy atom. The molecule has 0 atom stereocenters. The van der Waals surface area contributed by atoms with Gasteiger partial charge in [0.05, 0.1) is 45.4 Å². The monoisotopic (exact) mass is 554 g/mol. The van der Waals surface area contributed by atoms with E-state index < -0.39 is 105 Å². The van der Waals surface area contributed by atoms with Gasteiger partial charge in [-0.3, -0.25) is 48.2 Å². The average Bonchev–Trinajstić information content (AvgIpc) is 2.67. The minimum Gasteiger partial charge on any atom is -0.481 e. The summed E-state index contributed by atoms with van der Waals surface area (Å²) >= 11 is 0. The van der Waals surface area contributed by atoms with Crippen LogP contribution in [-0.4, -0.2) is 138 Å². The molecular formula is C20H30N2O16. The second kappa shape index (κ2) is 18.0. The van der Waals surface area contributed by atoms with E-state index in [9.17, 15) is 38.4 Å². The van der Waals surface area contributed by atoms with Crippen LogP contribution in [0.4, 0.5) is 0 Å². The number of aliphatic carboxylic acids is 8. The van der Waals surface area contributed by atoms with Crippen LogP contribution in [0.2, 0.25) is 0 Å². The molecule has 0 saturated carbocycles. The number of hydrogen-bond acceptors (Lipinski definition) is 10. The van der Waals surface area contributed by atoms with Crippen LogP contribution in [-0.2, 0) is 38.4 Å². The molecule has 0 saturated heterocycles. The molecule has 0 aliphatic rings. The summed E-state index contributed by atoms with van der Waals surface area (Å²) in [5.74, 6) is -10.2. The van der Waals surface area contributed by atoms with Gasteiger partial charge in [-0.2, -0.15) is 0 Å². The van der Waals surface area contributed by atoms with E-state index in [1.165, 1.54) is 0 Å². The molecule has 0 spiro atoms. The molecule has 18 heteroatoms. The van der Waals surface area contributed by atoms with E-state index in [1.807, 2.05) is 0 Å². The van der Waals surface area contributed by atoms with Crippen molar-refractivity contribution in [1.82, 2.24) is 9.80 Å². The van der Waals surface area contributed by atoms with E-state index >= 15 is 0 Å². The van der Waals surface area contributed by atoms with Gasteiger partial charge in [-0.25, -0.2) is 0 Å². The van der Waals surface area contributed by atoms with Crippen molar-refractivity contribution in [2.75, 3.05) is 39.3 Å². The Balaban J connectivity index is 0. The zero-order valence-corrected chi connectivity index (χ0v) is 20.0. The number of carbonyl (C=O) groups is 8. The number of rotatable bonds is 20. The van der Waals surface area contributed by atoms with Gasteiger partial charge in [-0.05, 0) is 6.42 Å². The smallest absolute Gasteiger partial charge is 0.317 e. The van der Waals surface area contributed by atoms with Crippen LogP contribution in [0.5, 0.6) is 0 Å². The molecule has 0 aromatic carbocycles. The first-order chi connectivity index (χ1) is 17.4. The van der Waals surface area contributed by atoms with Gasteiger partial charge in [0, 0.05) is 24.9 Å². The van der Waals surface area contributed by atoms with E-state index in [1.54, 1.807) is 0 Å².